The van der Waals surface area contributed by atoms with Crippen LogP contribution >= 0.6 is 11.6 Å². The van der Waals surface area contributed by atoms with Crippen molar-refractivity contribution in [1.29, 1.82) is 0 Å². The smallest absolute Gasteiger partial charge is 0.297 e. The Hall–Kier alpha value is -1.81. The van der Waals surface area contributed by atoms with Crippen molar-refractivity contribution in [2.45, 2.75) is 33.1 Å². The minimum atomic E-state index is -0.513. The zero-order valence-electron chi connectivity index (χ0n) is 11.6. The summed E-state index contributed by atoms with van der Waals surface area (Å²) in [6.07, 6.45) is 2.51. The lowest BCUT2D eigenvalue weighted by atomic mass is 10.1. The van der Waals surface area contributed by atoms with E-state index in [-0.39, 0.29) is 10.7 Å². The number of nitrogens with zero attached hydrogens (tertiary/aromatic N) is 1. The summed E-state index contributed by atoms with van der Waals surface area (Å²) in [5, 5.41) is 0.126. The number of nitrogens with one attached hydrogen (secondary N) is 1. The second-order valence-electron chi connectivity index (χ2n) is 4.63. The molecule has 0 saturated heterocycles. The van der Waals surface area contributed by atoms with Crippen molar-refractivity contribution in [2.75, 3.05) is 0 Å². The molecular weight excluding hydrogens is 276 g/mol. The molecule has 0 saturated carbocycles. The number of benzene rings is 1. The summed E-state index contributed by atoms with van der Waals surface area (Å²) in [5.74, 6) is 0. The number of aromatic amines is 1. The molecular formula is C15H17ClN2O2. The molecule has 0 atom stereocenters. The summed E-state index contributed by atoms with van der Waals surface area (Å²) >= 11 is 5.89. The van der Waals surface area contributed by atoms with Crippen molar-refractivity contribution in [3.8, 4) is 5.69 Å². The fourth-order valence-corrected chi connectivity index (χ4v) is 2.48. The summed E-state index contributed by atoms with van der Waals surface area (Å²) in [4.78, 5) is 26.8. The van der Waals surface area contributed by atoms with Crippen LogP contribution in [-0.2, 0) is 12.8 Å². The number of aryl methyl sites for hydroxylation is 1. The first kappa shape index (κ1) is 14.6. The van der Waals surface area contributed by atoms with Gasteiger partial charge in [0.1, 0.15) is 5.15 Å². The number of hydrogen-bond acceptors (Lipinski definition) is 2. The molecule has 0 fully saturated rings. The van der Waals surface area contributed by atoms with E-state index >= 15 is 0 Å². The highest BCUT2D eigenvalue weighted by molar-refractivity contribution is 6.30. The van der Waals surface area contributed by atoms with E-state index in [1.54, 1.807) is 12.1 Å². The van der Waals surface area contributed by atoms with Crippen LogP contribution < -0.4 is 11.2 Å². The van der Waals surface area contributed by atoms with E-state index in [9.17, 15) is 9.59 Å². The van der Waals surface area contributed by atoms with E-state index in [0.717, 1.165) is 17.4 Å². The number of halogens is 1. The van der Waals surface area contributed by atoms with Crippen molar-refractivity contribution >= 4 is 11.6 Å². The Morgan fingerprint density at radius 1 is 1.15 bits per heavy atom. The first-order valence-electron chi connectivity index (χ1n) is 6.71. The minimum absolute atomic E-state index is 0.126. The molecule has 1 heterocycles. The molecule has 2 rings (SSSR count). The van der Waals surface area contributed by atoms with Crippen molar-refractivity contribution in [2.24, 2.45) is 0 Å². The van der Waals surface area contributed by atoms with Gasteiger partial charge >= 0.3 is 5.69 Å². The number of hydrogen-bond donors (Lipinski definition) is 1. The van der Waals surface area contributed by atoms with Gasteiger partial charge in [-0.15, -0.1) is 0 Å². The van der Waals surface area contributed by atoms with Crippen LogP contribution in [0, 0.1) is 0 Å². The maximum Gasteiger partial charge on any atom is 0.334 e. The monoisotopic (exact) mass is 292 g/mol. The third-order valence-corrected chi connectivity index (χ3v) is 3.56. The second-order valence-corrected chi connectivity index (χ2v) is 5.01. The molecule has 4 nitrogen and oxygen atoms in total. The van der Waals surface area contributed by atoms with Crippen LogP contribution in [0.4, 0.5) is 0 Å². The third kappa shape index (κ3) is 2.70. The van der Waals surface area contributed by atoms with Crippen molar-refractivity contribution in [1.82, 2.24) is 9.55 Å². The van der Waals surface area contributed by atoms with E-state index in [4.69, 9.17) is 11.6 Å². The van der Waals surface area contributed by atoms with Crippen molar-refractivity contribution in [3.63, 3.8) is 0 Å². The lowest BCUT2D eigenvalue weighted by molar-refractivity contribution is 0.840. The van der Waals surface area contributed by atoms with Crippen LogP contribution in [0.5, 0.6) is 0 Å². The minimum Gasteiger partial charge on any atom is -0.297 e. The van der Waals surface area contributed by atoms with Crippen LogP contribution in [0.25, 0.3) is 5.69 Å². The number of aromatic nitrogens is 2. The van der Waals surface area contributed by atoms with Gasteiger partial charge in [-0.3, -0.25) is 9.78 Å². The highest BCUT2D eigenvalue weighted by Gasteiger charge is 2.12. The largest absolute Gasteiger partial charge is 0.334 e. The molecule has 0 amide bonds. The first-order chi connectivity index (χ1) is 9.58. The molecule has 1 aromatic carbocycles. The Balaban J connectivity index is 2.58. The molecule has 0 aliphatic heterocycles. The Labute approximate surface area is 122 Å². The molecule has 5 heteroatoms. The van der Waals surface area contributed by atoms with Crippen LogP contribution in [0.2, 0.25) is 5.15 Å². The van der Waals surface area contributed by atoms with E-state index in [0.29, 0.717) is 17.7 Å². The summed E-state index contributed by atoms with van der Waals surface area (Å²) in [5.41, 5.74) is 1.29. The molecule has 1 aromatic heterocycles. The Kier molecular flexibility index (Phi) is 4.45. The molecule has 1 N–H and O–H groups in total. The fourth-order valence-electron chi connectivity index (χ4n) is 2.19. The quantitative estimate of drug-likeness (QED) is 0.881. The van der Waals surface area contributed by atoms with Gasteiger partial charge in [0.05, 0.1) is 11.3 Å². The van der Waals surface area contributed by atoms with Crippen LogP contribution in [0.3, 0.4) is 0 Å². The van der Waals surface area contributed by atoms with Crippen LogP contribution in [-0.4, -0.2) is 9.55 Å². The van der Waals surface area contributed by atoms with Gasteiger partial charge in [-0.2, -0.15) is 0 Å². The fraction of sp³-hybridized carbons (Fsp3) is 0.333. The molecule has 0 aliphatic rings. The highest BCUT2D eigenvalue weighted by Crippen LogP contribution is 2.11. The maximum absolute atomic E-state index is 12.3. The average Bonchev–Trinajstić information content (AvgIpc) is 2.41. The SMILES string of the molecule is CCCc1ccc(-n2c(=O)[nH]c(Cl)c(CC)c2=O)cc1. The van der Waals surface area contributed by atoms with Gasteiger partial charge in [-0.05, 0) is 30.5 Å². The molecule has 0 radical (unpaired) electrons. The van der Waals surface area contributed by atoms with Crippen molar-refractivity contribution < 1.29 is 0 Å². The molecule has 0 unspecified atom stereocenters. The number of rotatable bonds is 4. The Morgan fingerprint density at radius 3 is 2.35 bits per heavy atom. The van der Waals surface area contributed by atoms with Gasteiger partial charge in [-0.1, -0.05) is 44.0 Å². The third-order valence-electron chi connectivity index (χ3n) is 3.23. The number of H-pyrrole nitrogens is 1. The average molecular weight is 293 g/mol. The zero-order valence-corrected chi connectivity index (χ0v) is 12.3. The topological polar surface area (TPSA) is 54.9 Å². The van der Waals surface area contributed by atoms with Gasteiger partial charge in [0.25, 0.3) is 5.56 Å². The van der Waals surface area contributed by atoms with Gasteiger partial charge in [-0.25, -0.2) is 9.36 Å². The maximum atomic E-state index is 12.3. The Morgan fingerprint density at radius 2 is 1.80 bits per heavy atom. The predicted molar refractivity (Wildman–Crippen MR) is 81.0 cm³/mol. The first-order valence-corrected chi connectivity index (χ1v) is 7.09. The van der Waals surface area contributed by atoms with E-state index < -0.39 is 5.69 Å². The summed E-state index contributed by atoms with van der Waals surface area (Å²) < 4.78 is 1.13. The van der Waals surface area contributed by atoms with E-state index in [1.165, 1.54) is 5.56 Å². The molecule has 106 valence electrons. The summed E-state index contributed by atoms with van der Waals surface area (Å²) in [6.45, 7) is 3.94. The van der Waals surface area contributed by atoms with Gasteiger partial charge < -0.3 is 0 Å². The second kappa shape index (κ2) is 6.09. The molecule has 20 heavy (non-hydrogen) atoms. The van der Waals surface area contributed by atoms with E-state index in [2.05, 4.69) is 11.9 Å². The molecule has 2 aromatic rings. The lowest BCUT2D eigenvalue weighted by Gasteiger charge is -2.08. The van der Waals surface area contributed by atoms with Crippen molar-refractivity contribution in [3.05, 3.63) is 61.4 Å². The zero-order chi connectivity index (χ0) is 14.7. The predicted octanol–water partition coefficient (Wildman–Crippen LogP) is 2.69. The van der Waals surface area contributed by atoms with Crippen LogP contribution in [0.1, 0.15) is 31.4 Å². The molecule has 0 bridgehead atoms. The van der Waals surface area contributed by atoms with Crippen LogP contribution in [0.15, 0.2) is 33.9 Å². The van der Waals surface area contributed by atoms with Gasteiger partial charge in [0.2, 0.25) is 0 Å². The Bertz CT molecular complexity index is 714. The normalized spacial score (nSPS) is 10.8. The highest BCUT2D eigenvalue weighted by atomic mass is 35.5. The molecule has 0 aliphatic carbocycles. The van der Waals surface area contributed by atoms with Gasteiger partial charge in [0.15, 0.2) is 0 Å². The van der Waals surface area contributed by atoms with Gasteiger partial charge in [0, 0.05) is 0 Å². The summed E-state index contributed by atoms with van der Waals surface area (Å²) in [7, 11) is 0. The molecule has 0 spiro atoms. The van der Waals surface area contributed by atoms with E-state index in [1.807, 2.05) is 19.1 Å². The lowest BCUT2D eigenvalue weighted by Crippen LogP contribution is -2.36. The standard InChI is InChI=1S/C15H17ClN2O2/c1-3-5-10-6-8-11(9-7-10)18-14(19)12(4-2)13(16)17-15(18)20/h6-9H,3-5H2,1-2H3,(H,17,20). The summed E-state index contributed by atoms with van der Waals surface area (Å²) in [6, 6.07) is 7.44.